The zero-order chi connectivity index (χ0) is 14.3. The molecule has 0 aromatic heterocycles. The fourth-order valence-corrected chi connectivity index (χ4v) is 4.08. The third-order valence-corrected chi connectivity index (χ3v) is 5.22. The van der Waals surface area contributed by atoms with Crippen molar-refractivity contribution in [2.75, 3.05) is 26.4 Å². The Labute approximate surface area is 124 Å². The average molecular weight is 285 g/mol. The van der Waals surface area contributed by atoms with Gasteiger partial charge in [0.25, 0.3) is 0 Å². The largest absolute Gasteiger partial charge is 0.486 e. The van der Waals surface area contributed by atoms with Gasteiger partial charge in [-0.15, -0.1) is 0 Å². The van der Waals surface area contributed by atoms with Crippen molar-refractivity contribution < 1.29 is 14.2 Å². The lowest BCUT2D eigenvalue weighted by atomic mass is 9.48. The molecule has 0 unspecified atom stereocenters. The van der Waals surface area contributed by atoms with Crippen molar-refractivity contribution in [1.82, 2.24) is 0 Å². The first-order valence-electron chi connectivity index (χ1n) is 7.65. The van der Waals surface area contributed by atoms with Gasteiger partial charge in [-0.3, -0.25) is 0 Å². The van der Waals surface area contributed by atoms with Gasteiger partial charge in [-0.05, 0) is 48.8 Å². The number of rotatable bonds is 1. The third kappa shape index (κ3) is 1.99. The van der Waals surface area contributed by atoms with E-state index < -0.39 is 0 Å². The average Bonchev–Trinajstić information content (AvgIpc) is 2.52. The van der Waals surface area contributed by atoms with Crippen molar-refractivity contribution in [3.63, 3.8) is 0 Å². The van der Waals surface area contributed by atoms with Crippen molar-refractivity contribution in [3.05, 3.63) is 23.8 Å². The van der Waals surface area contributed by atoms with Gasteiger partial charge >= 0.3 is 0 Å². The molecule has 1 aromatic rings. The van der Waals surface area contributed by atoms with Gasteiger partial charge in [0.1, 0.15) is 13.2 Å². The van der Waals surface area contributed by atoms with E-state index in [1.807, 2.05) is 18.2 Å². The summed E-state index contributed by atoms with van der Waals surface area (Å²) in [6, 6.07) is 8.55. The van der Waals surface area contributed by atoms with Crippen molar-refractivity contribution in [2.45, 2.75) is 31.1 Å². The van der Waals surface area contributed by atoms with E-state index in [-0.39, 0.29) is 5.41 Å². The molecule has 2 heterocycles. The summed E-state index contributed by atoms with van der Waals surface area (Å²) in [4.78, 5) is 0. The van der Waals surface area contributed by atoms with Gasteiger partial charge in [0.2, 0.25) is 0 Å². The SMILES string of the molecule is N#CC1(c2ccc3c(c2)OCCO3)CC2(CCOCC2)C1. The summed E-state index contributed by atoms with van der Waals surface area (Å²) in [5, 5.41) is 9.75. The number of benzene rings is 1. The van der Waals surface area contributed by atoms with Crippen LogP contribution in [0.1, 0.15) is 31.2 Å². The number of hydrogen-bond acceptors (Lipinski definition) is 4. The zero-order valence-electron chi connectivity index (χ0n) is 12.1. The highest BCUT2D eigenvalue weighted by Crippen LogP contribution is 2.60. The van der Waals surface area contributed by atoms with E-state index in [0.29, 0.717) is 18.6 Å². The summed E-state index contributed by atoms with van der Waals surface area (Å²) in [7, 11) is 0. The molecule has 4 nitrogen and oxygen atoms in total. The summed E-state index contributed by atoms with van der Waals surface area (Å²) in [6.07, 6.45) is 4.06. The minimum atomic E-state index is -0.354. The topological polar surface area (TPSA) is 51.5 Å². The lowest BCUT2D eigenvalue weighted by Gasteiger charge is -2.55. The van der Waals surface area contributed by atoms with E-state index in [1.165, 1.54) is 0 Å². The molecule has 0 amide bonds. The van der Waals surface area contributed by atoms with E-state index in [4.69, 9.17) is 14.2 Å². The molecule has 1 spiro atoms. The van der Waals surface area contributed by atoms with Gasteiger partial charge in [0.15, 0.2) is 11.5 Å². The van der Waals surface area contributed by atoms with Crippen molar-refractivity contribution in [3.8, 4) is 17.6 Å². The van der Waals surface area contributed by atoms with Gasteiger partial charge in [0.05, 0.1) is 11.5 Å². The molecule has 1 saturated carbocycles. The van der Waals surface area contributed by atoms with Crippen molar-refractivity contribution in [2.24, 2.45) is 5.41 Å². The molecular formula is C17H19NO3. The molecule has 4 heteroatoms. The minimum Gasteiger partial charge on any atom is -0.486 e. The Morgan fingerprint density at radius 1 is 0.952 bits per heavy atom. The Morgan fingerprint density at radius 2 is 1.67 bits per heavy atom. The fraction of sp³-hybridized carbons (Fsp3) is 0.588. The first-order chi connectivity index (χ1) is 10.3. The predicted molar refractivity (Wildman–Crippen MR) is 76.4 cm³/mol. The van der Waals surface area contributed by atoms with Crippen LogP contribution in [0.5, 0.6) is 11.5 Å². The molecule has 2 aliphatic heterocycles. The van der Waals surface area contributed by atoms with Crippen LogP contribution in [0, 0.1) is 16.7 Å². The Hall–Kier alpha value is -1.73. The first-order valence-corrected chi connectivity index (χ1v) is 7.65. The van der Waals surface area contributed by atoms with Crippen LogP contribution >= 0.6 is 0 Å². The number of hydrogen-bond donors (Lipinski definition) is 0. The van der Waals surface area contributed by atoms with Crippen LogP contribution in [-0.4, -0.2) is 26.4 Å². The molecule has 0 N–H and O–H groups in total. The number of nitrogens with zero attached hydrogens (tertiary/aromatic N) is 1. The normalized spacial score (nSPS) is 24.9. The van der Waals surface area contributed by atoms with E-state index in [0.717, 1.165) is 56.0 Å². The first kappa shape index (κ1) is 13.0. The molecule has 1 aliphatic carbocycles. The lowest BCUT2D eigenvalue weighted by Crippen LogP contribution is -2.51. The number of nitriles is 1. The monoisotopic (exact) mass is 285 g/mol. The summed E-state index contributed by atoms with van der Waals surface area (Å²) >= 11 is 0. The highest BCUT2D eigenvalue weighted by molar-refractivity contribution is 5.49. The number of ether oxygens (including phenoxy) is 3. The maximum Gasteiger partial charge on any atom is 0.161 e. The molecule has 4 rings (SSSR count). The molecule has 2 fully saturated rings. The van der Waals surface area contributed by atoms with Crippen molar-refractivity contribution in [1.29, 1.82) is 5.26 Å². The maximum atomic E-state index is 9.75. The molecule has 0 atom stereocenters. The van der Waals surface area contributed by atoms with Crippen LogP contribution in [0.4, 0.5) is 0 Å². The zero-order valence-corrected chi connectivity index (χ0v) is 12.1. The van der Waals surface area contributed by atoms with E-state index in [9.17, 15) is 5.26 Å². The predicted octanol–water partition coefficient (Wildman–Crippen LogP) is 2.81. The Bertz CT molecular complexity index is 591. The smallest absolute Gasteiger partial charge is 0.161 e. The third-order valence-electron chi connectivity index (χ3n) is 5.22. The van der Waals surface area contributed by atoms with Crippen LogP contribution in [0.15, 0.2) is 18.2 Å². The van der Waals surface area contributed by atoms with Crippen LogP contribution in [0.3, 0.4) is 0 Å². The Balaban J connectivity index is 1.61. The highest BCUT2D eigenvalue weighted by Gasteiger charge is 2.56. The van der Waals surface area contributed by atoms with E-state index in [1.54, 1.807) is 0 Å². The second-order valence-corrected chi connectivity index (χ2v) is 6.52. The molecule has 0 bridgehead atoms. The molecular weight excluding hydrogens is 266 g/mol. The second kappa shape index (κ2) is 4.64. The minimum absolute atomic E-state index is 0.321. The van der Waals surface area contributed by atoms with Gasteiger partial charge in [-0.2, -0.15) is 5.26 Å². The van der Waals surface area contributed by atoms with Gasteiger partial charge in [0, 0.05) is 13.2 Å². The van der Waals surface area contributed by atoms with Crippen LogP contribution in [0.25, 0.3) is 0 Å². The molecule has 1 saturated heterocycles. The Kier molecular flexibility index (Phi) is 2.87. The summed E-state index contributed by atoms with van der Waals surface area (Å²) < 4.78 is 16.7. The second-order valence-electron chi connectivity index (χ2n) is 6.52. The number of fused-ring (bicyclic) bond motifs is 1. The standard InChI is InChI=1S/C17H19NO3/c18-12-17(10-16(11-17)3-5-19-6-4-16)13-1-2-14-15(9-13)21-8-7-20-14/h1-2,9H,3-8,10-11H2. The van der Waals surface area contributed by atoms with Crippen LogP contribution in [-0.2, 0) is 10.2 Å². The lowest BCUT2D eigenvalue weighted by molar-refractivity contribution is -0.0578. The molecule has 21 heavy (non-hydrogen) atoms. The Morgan fingerprint density at radius 3 is 2.38 bits per heavy atom. The molecule has 1 aromatic carbocycles. The highest BCUT2D eigenvalue weighted by atomic mass is 16.6. The molecule has 0 radical (unpaired) electrons. The fourth-order valence-electron chi connectivity index (χ4n) is 4.08. The van der Waals surface area contributed by atoms with Crippen molar-refractivity contribution >= 4 is 0 Å². The quantitative estimate of drug-likeness (QED) is 0.796. The summed E-state index contributed by atoms with van der Waals surface area (Å²) in [5.41, 5.74) is 1.04. The van der Waals surface area contributed by atoms with Gasteiger partial charge in [-0.25, -0.2) is 0 Å². The van der Waals surface area contributed by atoms with Gasteiger partial charge < -0.3 is 14.2 Å². The molecule has 110 valence electrons. The maximum absolute atomic E-state index is 9.75. The van der Waals surface area contributed by atoms with Crippen LogP contribution < -0.4 is 9.47 Å². The van der Waals surface area contributed by atoms with Crippen LogP contribution in [0.2, 0.25) is 0 Å². The summed E-state index contributed by atoms with van der Waals surface area (Å²) in [6.45, 7) is 2.85. The van der Waals surface area contributed by atoms with E-state index >= 15 is 0 Å². The summed E-state index contributed by atoms with van der Waals surface area (Å²) in [5.74, 6) is 1.57. The van der Waals surface area contributed by atoms with Gasteiger partial charge in [-0.1, -0.05) is 6.07 Å². The van der Waals surface area contributed by atoms with E-state index in [2.05, 4.69) is 6.07 Å². The molecule has 3 aliphatic rings.